The van der Waals surface area contributed by atoms with Crippen LogP contribution in [0.5, 0.6) is 0 Å². The molecule has 178 valence electrons. The van der Waals surface area contributed by atoms with Crippen LogP contribution in [0.3, 0.4) is 0 Å². The third kappa shape index (κ3) is 4.09. The van der Waals surface area contributed by atoms with Crippen LogP contribution in [0.1, 0.15) is 48.8 Å². The molecule has 33 heavy (non-hydrogen) atoms. The van der Waals surface area contributed by atoms with E-state index in [1.807, 2.05) is 6.20 Å². The van der Waals surface area contributed by atoms with Gasteiger partial charge in [-0.2, -0.15) is 13.2 Å². The maximum absolute atomic E-state index is 13.4. The minimum absolute atomic E-state index is 0.00978. The van der Waals surface area contributed by atoms with Crippen LogP contribution in [0.25, 0.3) is 11.3 Å². The van der Waals surface area contributed by atoms with Gasteiger partial charge in [-0.1, -0.05) is 0 Å². The van der Waals surface area contributed by atoms with Gasteiger partial charge in [0.1, 0.15) is 5.82 Å². The molecule has 2 aromatic rings. The van der Waals surface area contributed by atoms with Gasteiger partial charge in [0.25, 0.3) is 0 Å². The van der Waals surface area contributed by atoms with Crippen molar-refractivity contribution >= 4 is 0 Å². The number of imidazole rings is 1. The number of likely N-dealkylation sites (N-methyl/N-ethyl adjacent to an activating group) is 1. The lowest BCUT2D eigenvalue weighted by molar-refractivity contribution is -0.138. The van der Waals surface area contributed by atoms with E-state index in [9.17, 15) is 13.2 Å². The molecule has 5 nitrogen and oxygen atoms in total. The van der Waals surface area contributed by atoms with Crippen LogP contribution in [-0.4, -0.2) is 63.6 Å². The fourth-order valence-corrected chi connectivity index (χ4v) is 6.20. The molecule has 4 aliphatic rings. The Morgan fingerprint density at radius 1 is 1.06 bits per heavy atom. The van der Waals surface area contributed by atoms with E-state index in [4.69, 9.17) is 4.98 Å². The van der Waals surface area contributed by atoms with Crippen LogP contribution in [-0.2, 0) is 12.6 Å². The van der Waals surface area contributed by atoms with Crippen molar-refractivity contribution in [2.24, 2.45) is 17.8 Å². The number of nitrogens with zero attached hydrogens (tertiary/aromatic N) is 5. The van der Waals surface area contributed by atoms with Crippen LogP contribution in [0.2, 0.25) is 0 Å². The van der Waals surface area contributed by atoms with Gasteiger partial charge in [-0.15, -0.1) is 0 Å². The highest BCUT2D eigenvalue weighted by atomic mass is 19.4. The SMILES string of the molecule is Cc1ncc(-c2cn([C@H]3[C@@H]4CC(N5CCN(C)CC5)C[C@@H]43)c(CC3CC3)n2)cc1C(F)(F)F. The smallest absolute Gasteiger partial charge is 0.331 e. The summed E-state index contributed by atoms with van der Waals surface area (Å²) < 4.78 is 42.7. The maximum Gasteiger partial charge on any atom is 0.418 e. The lowest BCUT2D eigenvalue weighted by Crippen LogP contribution is -2.48. The van der Waals surface area contributed by atoms with Gasteiger partial charge in [-0.05, 0) is 63.5 Å². The molecule has 0 N–H and O–H groups in total. The van der Waals surface area contributed by atoms with Crippen molar-refractivity contribution in [1.82, 2.24) is 24.3 Å². The van der Waals surface area contributed by atoms with Gasteiger partial charge in [-0.3, -0.25) is 9.88 Å². The molecule has 3 aliphatic carbocycles. The number of halogens is 3. The summed E-state index contributed by atoms with van der Waals surface area (Å²) in [6.07, 6.45) is 5.01. The van der Waals surface area contributed by atoms with Crippen molar-refractivity contribution in [3.8, 4) is 11.3 Å². The van der Waals surface area contributed by atoms with Crippen molar-refractivity contribution in [3.63, 3.8) is 0 Å². The molecule has 3 saturated carbocycles. The van der Waals surface area contributed by atoms with Crippen LogP contribution >= 0.6 is 0 Å². The highest BCUT2D eigenvalue weighted by Gasteiger charge is 2.58. The first kappa shape index (κ1) is 21.6. The molecule has 3 heterocycles. The molecular weight excluding hydrogens is 427 g/mol. The summed E-state index contributed by atoms with van der Waals surface area (Å²) >= 11 is 0. The Kier molecular flexibility index (Phi) is 5.11. The predicted octanol–water partition coefficient (Wildman–Crippen LogP) is 4.42. The standard InChI is InChI=1S/C25H32F3N5/c1-15-21(25(26,27)28)10-17(13-29-15)22-14-33(23(30-22)9-16-3-4-16)24-19-11-18(12-20(19)24)32-7-5-31(2)6-8-32/h10,13-14,16,18-20,24H,3-9,11-12H2,1-2H3/t18?,19-,20+,24+. The molecule has 0 aromatic carbocycles. The third-order valence-electron chi connectivity index (χ3n) is 8.42. The molecule has 2 aromatic heterocycles. The van der Waals surface area contributed by atoms with Crippen LogP contribution in [0.15, 0.2) is 18.5 Å². The average Bonchev–Trinajstić information content (AvgIpc) is 3.61. The molecule has 4 atom stereocenters. The monoisotopic (exact) mass is 459 g/mol. The summed E-state index contributed by atoms with van der Waals surface area (Å²) in [5.74, 6) is 3.09. The zero-order valence-corrected chi connectivity index (χ0v) is 19.4. The number of aryl methyl sites for hydroxylation is 1. The zero-order chi connectivity index (χ0) is 22.9. The van der Waals surface area contributed by atoms with Crippen molar-refractivity contribution in [3.05, 3.63) is 35.5 Å². The highest BCUT2D eigenvalue weighted by Crippen LogP contribution is 2.62. The Morgan fingerprint density at radius 3 is 2.39 bits per heavy atom. The number of hydrogen-bond donors (Lipinski definition) is 0. The number of fused-ring (bicyclic) bond motifs is 1. The lowest BCUT2D eigenvalue weighted by atomic mass is 10.1. The summed E-state index contributed by atoms with van der Waals surface area (Å²) in [7, 11) is 2.19. The van der Waals surface area contributed by atoms with E-state index in [0.717, 1.165) is 38.4 Å². The second-order valence-corrected chi connectivity index (χ2v) is 10.7. The number of aromatic nitrogens is 3. The second kappa shape index (κ2) is 7.80. The molecule has 0 radical (unpaired) electrons. The average molecular weight is 460 g/mol. The maximum atomic E-state index is 13.4. The predicted molar refractivity (Wildman–Crippen MR) is 120 cm³/mol. The van der Waals surface area contributed by atoms with Crippen molar-refractivity contribution in [2.75, 3.05) is 33.2 Å². The molecule has 0 bridgehead atoms. The Morgan fingerprint density at radius 2 is 1.76 bits per heavy atom. The first-order chi connectivity index (χ1) is 15.8. The van der Waals surface area contributed by atoms with Crippen molar-refractivity contribution in [2.45, 2.75) is 57.3 Å². The van der Waals surface area contributed by atoms with E-state index in [1.165, 1.54) is 44.9 Å². The number of piperazine rings is 1. The Bertz CT molecular complexity index is 1020. The van der Waals surface area contributed by atoms with Crippen molar-refractivity contribution < 1.29 is 13.2 Å². The van der Waals surface area contributed by atoms with Crippen LogP contribution in [0.4, 0.5) is 13.2 Å². The number of hydrogen-bond acceptors (Lipinski definition) is 4. The summed E-state index contributed by atoms with van der Waals surface area (Å²) in [6.45, 7) is 6.03. The highest BCUT2D eigenvalue weighted by molar-refractivity contribution is 5.59. The first-order valence-corrected chi connectivity index (χ1v) is 12.3. The fourth-order valence-electron chi connectivity index (χ4n) is 6.20. The Balaban J connectivity index is 1.23. The minimum atomic E-state index is -4.40. The quantitative estimate of drug-likeness (QED) is 0.663. The number of alkyl halides is 3. The molecule has 1 saturated heterocycles. The molecule has 0 amide bonds. The van der Waals surface area contributed by atoms with Gasteiger partial charge in [0.15, 0.2) is 0 Å². The molecule has 8 heteroatoms. The van der Waals surface area contributed by atoms with E-state index in [1.54, 1.807) is 0 Å². The second-order valence-electron chi connectivity index (χ2n) is 10.7. The Hall–Kier alpha value is -1.93. The summed E-state index contributed by atoms with van der Waals surface area (Å²) in [6, 6.07) is 2.37. The van der Waals surface area contributed by atoms with Gasteiger partial charge in [0.05, 0.1) is 11.3 Å². The van der Waals surface area contributed by atoms with E-state index < -0.39 is 11.7 Å². The van der Waals surface area contributed by atoms with E-state index in [0.29, 0.717) is 41.1 Å². The Labute approximate surface area is 193 Å². The van der Waals surface area contributed by atoms with E-state index in [2.05, 4.69) is 26.4 Å². The largest absolute Gasteiger partial charge is 0.418 e. The van der Waals surface area contributed by atoms with Gasteiger partial charge in [0, 0.05) is 68.3 Å². The molecule has 1 aliphatic heterocycles. The van der Waals surface area contributed by atoms with E-state index >= 15 is 0 Å². The van der Waals surface area contributed by atoms with Crippen LogP contribution < -0.4 is 0 Å². The minimum Gasteiger partial charge on any atom is -0.331 e. The van der Waals surface area contributed by atoms with Gasteiger partial charge in [0.2, 0.25) is 0 Å². The summed E-state index contributed by atoms with van der Waals surface area (Å²) in [5, 5.41) is 0. The molecule has 4 fully saturated rings. The fraction of sp³-hybridized carbons (Fsp3) is 0.680. The molecule has 1 unspecified atom stereocenters. The topological polar surface area (TPSA) is 37.2 Å². The molecule has 6 rings (SSSR count). The summed E-state index contributed by atoms with van der Waals surface area (Å²) in [5.41, 5.74) is 0.432. The van der Waals surface area contributed by atoms with Gasteiger partial charge in [-0.25, -0.2) is 4.98 Å². The number of pyridine rings is 1. The van der Waals surface area contributed by atoms with Gasteiger partial charge >= 0.3 is 6.18 Å². The lowest BCUT2D eigenvalue weighted by Gasteiger charge is -2.37. The van der Waals surface area contributed by atoms with Crippen LogP contribution in [0, 0.1) is 24.7 Å². The molecular formula is C25H32F3N5. The third-order valence-corrected chi connectivity index (χ3v) is 8.42. The zero-order valence-electron chi connectivity index (χ0n) is 19.4. The van der Waals surface area contributed by atoms with E-state index in [-0.39, 0.29) is 5.69 Å². The molecule has 0 spiro atoms. The van der Waals surface area contributed by atoms with Crippen molar-refractivity contribution in [1.29, 1.82) is 0 Å². The first-order valence-electron chi connectivity index (χ1n) is 12.3. The summed E-state index contributed by atoms with van der Waals surface area (Å²) in [4.78, 5) is 14.0. The normalized spacial score (nSPS) is 30.6. The number of rotatable bonds is 5. The van der Waals surface area contributed by atoms with Gasteiger partial charge < -0.3 is 9.47 Å².